The first-order valence-electron chi connectivity index (χ1n) is 11.4. The first kappa shape index (κ1) is 25.0. The van der Waals surface area contributed by atoms with E-state index in [9.17, 15) is 4.79 Å². The van der Waals surface area contributed by atoms with Gasteiger partial charge in [0.05, 0.1) is 11.5 Å². The Morgan fingerprint density at radius 2 is 1.57 bits per heavy atom. The second-order valence-corrected chi connectivity index (χ2v) is 9.99. The summed E-state index contributed by atoms with van der Waals surface area (Å²) in [5.74, 6) is 0.494. The molecule has 0 spiro atoms. The normalized spacial score (nSPS) is 11.6. The van der Waals surface area contributed by atoms with Crippen LogP contribution in [0.3, 0.4) is 0 Å². The largest absolute Gasteiger partial charge is 0.272 e. The first-order valence-corrected chi connectivity index (χ1v) is 13.1. The third-order valence-electron chi connectivity index (χ3n) is 5.68. The van der Waals surface area contributed by atoms with E-state index in [-0.39, 0.29) is 11.7 Å². The van der Waals surface area contributed by atoms with Crippen molar-refractivity contribution in [3.63, 3.8) is 0 Å². The molecule has 0 fully saturated rings. The number of hydrogen-bond acceptors (Lipinski definition) is 5. The van der Waals surface area contributed by atoms with Crippen LogP contribution >= 0.6 is 35.0 Å². The van der Waals surface area contributed by atoms with E-state index in [0.717, 1.165) is 33.3 Å². The van der Waals surface area contributed by atoms with Gasteiger partial charge in [-0.05, 0) is 66.2 Å². The van der Waals surface area contributed by atoms with Crippen LogP contribution in [0.2, 0.25) is 10.0 Å². The zero-order valence-electron chi connectivity index (χ0n) is 19.7. The molecule has 0 bridgehead atoms. The Morgan fingerprint density at radius 3 is 2.32 bits per heavy atom. The molecule has 9 heteroatoms. The summed E-state index contributed by atoms with van der Waals surface area (Å²) >= 11 is 13.4. The van der Waals surface area contributed by atoms with Gasteiger partial charge in [-0.25, -0.2) is 5.43 Å². The summed E-state index contributed by atoms with van der Waals surface area (Å²) < 4.78 is 1.89. The monoisotopic (exact) mass is 545 g/mol. The number of nitrogens with zero attached hydrogens (tertiary/aromatic N) is 4. The fourth-order valence-electron chi connectivity index (χ4n) is 3.88. The number of aromatic nitrogens is 3. The fourth-order valence-corrected chi connectivity index (χ4v) is 4.88. The van der Waals surface area contributed by atoms with Gasteiger partial charge >= 0.3 is 0 Å². The van der Waals surface area contributed by atoms with Crippen molar-refractivity contribution in [3.05, 3.63) is 107 Å². The van der Waals surface area contributed by atoms with Gasteiger partial charge in [-0.1, -0.05) is 77.4 Å². The number of hydrogen-bond donors (Lipinski definition) is 1. The molecule has 37 heavy (non-hydrogen) atoms. The minimum absolute atomic E-state index is 0.110. The molecule has 0 unspecified atom stereocenters. The summed E-state index contributed by atoms with van der Waals surface area (Å²) in [6, 6.07) is 28.8. The SMILES string of the molecule is C/C(=N/NC(=O)CSc1nnc(-c2ccc(Cl)cc2)n1-c1ccc(Cl)cc1)c1cccc2ccccc12. The van der Waals surface area contributed by atoms with Gasteiger partial charge in [-0.3, -0.25) is 9.36 Å². The highest BCUT2D eigenvalue weighted by molar-refractivity contribution is 7.99. The molecule has 0 saturated carbocycles. The predicted molar refractivity (Wildman–Crippen MR) is 152 cm³/mol. The molecular weight excluding hydrogens is 525 g/mol. The molecule has 1 amide bonds. The van der Waals surface area contributed by atoms with E-state index in [1.165, 1.54) is 11.8 Å². The van der Waals surface area contributed by atoms with E-state index in [2.05, 4.69) is 32.9 Å². The van der Waals surface area contributed by atoms with Gasteiger partial charge in [-0.15, -0.1) is 10.2 Å². The molecule has 6 nitrogen and oxygen atoms in total. The molecule has 1 N–H and O–H groups in total. The summed E-state index contributed by atoms with van der Waals surface area (Å²) in [6.07, 6.45) is 0. The Morgan fingerprint density at radius 1 is 0.892 bits per heavy atom. The molecule has 0 aliphatic carbocycles. The van der Waals surface area contributed by atoms with Crippen LogP contribution in [-0.2, 0) is 4.79 Å². The minimum Gasteiger partial charge on any atom is -0.272 e. The molecule has 1 aromatic heterocycles. The average molecular weight is 546 g/mol. The zero-order chi connectivity index (χ0) is 25.8. The van der Waals surface area contributed by atoms with Crippen molar-refractivity contribution in [2.45, 2.75) is 12.1 Å². The second kappa shape index (κ2) is 11.2. The second-order valence-electron chi connectivity index (χ2n) is 8.17. The Kier molecular flexibility index (Phi) is 7.55. The van der Waals surface area contributed by atoms with Crippen molar-refractivity contribution in [2.24, 2.45) is 5.10 Å². The van der Waals surface area contributed by atoms with E-state index in [4.69, 9.17) is 23.2 Å². The van der Waals surface area contributed by atoms with Crippen molar-refractivity contribution in [1.82, 2.24) is 20.2 Å². The predicted octanol–water partition coefficient (Wildman–Crippen LogP) is 7.03. The molecule has 5 aromatic rings. The highest BCUT2D eigenvalue weighted by Crippen LogP contribution is 2.29. The Bertz CT molecular complexity index is 1590. The number of fused-ring (bicyclic) bond motifs is 1. The van der Waals surface area contributed by atoms with Gasteiger partial charge in [0.15, 0.2) is 11.0 Å². The van der Waals surface area contributed by atoms with E-state index in [1.807, 2.05) is 66.1 Å². The quantitative estimate of drug-likeness (QED) is 0.135. The summed E-state index contributed by atoms with van der Waals surface area (Å²) in [5, 5.41) is 17.1. The Hall–Kier alpha value is -3.65. The number of halogens is 2. The molecule has 184 valence electrons. The smallest absolute Gasteiger partial charge is 0.250 e. The Labute approximate surface area is 228 Å². The zero-order valence-corrected chi connectivity index (χ0v) is 22.1. The molecule has 0 radical (unpaired) electrons. The fraction of sp³-hybridized carbons (Fsp3) is 0.0714. The third kappa shape index (κ3) is 5.69. The summed E-state index contributed by atoms with van der Waals surface area (Å²) in [7, 11) is 0. The number of benzene rings is 4. The van der Waals surface area contributed by atoms with Crippen molar-refractivity contribution in [3.8, 4) is 17.1 Å². The van der Waals surface area contributed by atoms with Crippen LogP contribution in [0.4, 0.5) is 0 Å². The molecule has 0 atom stereocenters. The summed E-state index contributed by atoms with van der Waals surface area (Å²) in [6.45, 7) is 1.88. The van der Waals surface area contributed by atoms with Gasteiger partial charge in [0.1, 0.15) is 0 Å². The van der Waals surface area contributed by atoms with Crippen LogP contribution < -0.4 is 5.43 Å². The van der Waals surface area contributed by atoms with Gasteiger partial charge in [0, 0.05) is 26.9 Å². The van der Waals surface area contributed by atoms with Crippen molar-refractivity contribution in [2.75, 3.05) is 5.75 Å². The lowest BCUT2D eigenvalue weighted by Gasteiger charge is -2.11. The van der Waals surface area contributed by atoms with Crippen LogP contribution in [0.5, 0.6) is 0 Å². The standard InChI is InChI=1S/C28H21Cl2N5OS/c1-18(24-8-4-6-19-5-2-3-7-25(19)24)31-32-26(36)17-37-28-34-33-27(20-9-11-21(29)12-10-20)35(28)23-15-13-22(30)14-16-23/h2-16H,17H2,1H3,(H,32,36)/b31-18-. The highest BCUT2D eigenvalue weighted by atomic mass is 35.5. The van der Waals surface area contributed by atoms with Crippen LogP contribution in [0, 0.1) is 0 Å². The highest BCUT2D eigenvalue weighted by Gasteiger charge is 2.17. The lowest BCUT2D eigenvalue weighted by molar-refractivity contribution is -0.118. The molecule has 5 rings (SSSR count). The van der Waals surface area contributed by atoms with Crippen molar-refractivity contribution in [1.29, 1.82) is 0 Å². The maximum Gasteiger partial charge on any atom is 0.250 e. The van der Waals surface area contributed by atoms with Gasteiger partial charge < -0.3 is 0 Å². The lowest BCUT2D eigenvalue weighted by atomic mass is 10.0. The molecule has 4 aromatic carbocycles. The number of carbonyl (C=O) groups is 1. The van der Waals surface area contributed by atoms with Crippen molar-refractivity contribution >= 4 is 57.4 Å². The molecule has 0 saturated heterocycles. The average Bonchev–Trinajstić information content (AvgIpc) is 3.35. The van der Waals surface area contributed by atoms with E-state index in [0.29, 0.717) is 21.0 Å². The summed E-state index contributed by atoms with van der Waals surface area (Å²) in [4.78, 5) is 12.7. The van der Waals surface area contributed by atoms with E-state index >= 15 is 0 Å². The minimum atomic E-state index is -0.247. The van der Waals surface area contributed by atoms with Crippen LogP contribution in [-0.4, -0.2) is 32.1 Å². The van der Waals surface area contributed by atoms with Crippen LogP contribution in [0.25, 0.3) is 27.8 Å². The molecule has 0 aliphatic heterocycles. The number of hydrazone groups is 1. The third-order valence-corrected chi connectivity index (χ3v) is 7.11. The van der Waals surface area contributed by atoms with Gasteiger partial charge in [0.2, 0.25) is 0 Å². The maximum atomic E-state index is 12.7. The molecule has 1 heterocycles. The molecular formula is C28H21Cl2N5OS. The van der Waals surface area contributed by atoms with Crippen molar-refractivity contribution < 1.29 is 4.79 Å². The van der Waals surface area contributed by atoms with Gasteiger partial charge in [0.25, 0.3) is 5.91 Å². The van der Waals surface area contributed by atoms with Crippen LogP contribution in [0.15, 0.2) is 101 Å². The summed E-state index contributed by atoms with van der Waals surface area (Å²) in [5.41, 5.74) is 6.04. The van der Waals surface area contributed by atoms with E-state index < -0.39 is 0 Å². The number of nitrogens with one attached hydrogen (secondary N) is 1. The number of rotatable bonds is 7. The van der Waals surface area contributed by atoms with Gasteiger partial charge in [-0.2, -0.15) is 5.10 Å². The van der Waals surface area contributed by atoms with E-state index in [1.54, 1.807) is 24.3 Å². The maximum absolute atomic E-state index is 12.7. The molecule has 0 aliphatic rings. The Balaban J connectivity index is 1.35. The number of thioether (sulfide) groups is 1. The number of amides is 1. The van der Waals surface area contributed by atoms with Crippen LogP contribution in [0.1, 0.15) is 12.5 Å². The first-order chi connectivity index (χ1) is 18.0. The number of carbonyl (C=O) groups excluding carboxylic acids is 1. The lowest BCUT2D eigenvalue weighted by Crippen LogP contribution is -2.21. The topological polar surface area (TPSA) is 72.2 Å².